The second kappa shape index (κ2) is 9.51. The van der Waals surface area contributed by atoms with Crippen molar-refractivity contribution >= 4 is 27.8 Å². The van der Waals surface area contributed by atoms with Crippen LogP contribution in [0.3, 0.4) is 0 Å². The molecule has 0 atom stereocenters. The van der Waals surface area contributed by atoms with E-state index in [2.05, 4.69) is 41.3 Å². The Balaban J connectivity index is 1.21. The van der Waals surface area contributed by atoms with Crippen molar-refractivity contribution in [3.8, 4) is 11.6 Å². The van der Waals surface area contributed by atoms with Gasteiger partial charge < -0.3 is 9.84 Å². The van der Waals surface area contributed by atoms with Crippen LogP contribution in [0.1, 0.15) is 16.0 Å². The normalized spacial score (nSPS) is 10.8. The van der Waals surface area contributed by atoms with E-state index < -0.39 is 0 Å². The Morgan fingerprint density at radius 3 is 2.55 bits per heavy atom. The van der Waals surface area contributed by atoms with E-state index in [-0.39, 0.29) is 10.8 Å². The average molecular weight is 435 g/mol. The Labute approximate surface area is 183 Å². The lowest BCUT2D eigenvalue weighted by atomic mass is 10.1. The van der Waals surface area contributed by atoms with E-state index >= 15 is 0 Å². The number of hydroxylamine groups is 1. The van der Waals surface area contributed by atoms with Crippen molar-refractivity contribution in [2.24, 2.45) is 0 Å². The molecule has 0 radical (unpaired) electrons. The molecule has 0 spiro atoms. The third-order valence-electron chi connectivity index (χ3n) is 4.74. The van der Waals surface area contributed by atoms with Crippen molar-refractivity contribution in [1.82, 2.24) is 10.5 Å². The molecule has 7 heteroatoms. The summed E-state index contributed by atoms with van der Waals surface area (Å²) in [5.41, 5.74) is 5.49. The number of thiazole rings is 1. The van der Waals surface area contributed by atoms with Gasteiger partial charge in [0.15, 0.2) is 0 Å². The fourth-order valence-corrected chi connectivity index (χ4v) is 3.89. The molecule has 6 nitrogen and oxygen atoms in total. The molecule has 0 amide bonds. The number of hydrogen-bond donors (Lipinski definition) is 3. The highest BCUT2D eigenvalue weighted by Crippen LogP contribution is 2.22. The second-order valence-electron chi connectivity index (χ2n) is 6.95. The predicted molar refractivity (Wildman–Crippen MR) is 123 cm³/mol. The molecule has 0 bridgehead atoms. The van der Waals surface area contributed by atoms with Crippen LogP contribution < -0.4 is 15.1 Å². The molecular formula is C24H22N2O4S. The molecule has 0 unspecified atom stereocenters. The lowest BCUT2D eigenvalue weighted by Crippen LogP contribution is -2.17. The van der Waals surface area contributed by atoms with E-state index in [0.717, 1.165) is 27.8 Å². The molecule has 0 aliphatic heterocycles. The fraction of sp³-hybridized carbons (Fsp3) is 0.125. The third-order valence-corrected chi connectivity index (χ3v) is 5.61. The number of aromatic amines is 1. The second-order valence-corrected chi connectivity index (χ2v) is 8.01. The van der Waals surface area contributed by atoms with Crippen molar-refractivity contribution in [3.05, 3.63) is 99.0 Å². The van der Waals surface area contributed by atoms with E-state index in [0.29, 0.717) is 36.0 Å². The summed E-state index contributed by atoms with van der Waals surface area (Å²) < 4.78 is 5.69. The molecule has 1 aromatic heterocycles. The van der Waals surface area contributed by atoms with Gasteiger partial charge in [-0.3, -0.25) is 20.1 Å². The number of fused-ring (bicyclic) bond motifs is 1. The summed E-state index contributed by atoms with van der Waals surface area (Å²) in [6, 6.07) is 21.8. The number of H-pyrrole nitrogens is 1. The zero-order chi connectivity index (χ0) is 21.6. The Morgan fingerprint density at radius 2 is 1.81 bits per heavy atom. The first-order chi connectivity index (χ1) is 15.1. The molecule has 3 aromatic carbocycles. The lowest BCUT2D eigenvalue weighted by Gasteiger charge is -2.12. The van der Waals surface area contributed by atoms with E-state index in [1.807, 2.05) is 42.5 Å². The van der Waals surface area contributed by atoms with Gasteiger partial charge in [-0.15, -0.1) is 0 Å². The average Bonchev–Trinajstić information content (AvgIpc) is 3.10. The molecule has 0 fully saturated rings. The van der Waals surface area contributed by atoms with Gasteiger partial charge in [-0.2, -0.15) is 0 Å². The smallest absolute Gasteiger partial charge is 0.307 e. The SMILES string of the molecule is C=C(NOCCOc1ccc(Cc2sc(=O)[nH]c2O)cc1)c1ccc2ccccc2c1. The van der Waals surface area contributed by atoms with Crippen LogP contribution in [-0.2, 0) is 11.3 Å². The highest BCUT2D eigenvalue weighted by atomic mass is 32.1. The Hall–Kier alpha value is -3.55. The summed E-state index contributed by atoms with van der Waals surface area (Å²) in [6.45, 7) is 4.74. The van der Waals surface area contributed by atoms with Gasteiger partial charge in [-0.1, -0.05) is 66.4 Å². The van der Waals surface area contributed by atoms with Crippen LogP contribution in [-0.4, -0.2) is 23.3 Å². The topological polar surface area (TPSA) is 83.6 Å². The van der Waals surface area contributed by atoms with Gasteiger partial charge >= 0.3 is 4.87 Å². The molecular weight excluding hydrogens is 412 g/mol. The number of aromatic nitrogens is 1. The maximum atomic E-state index is 11.3. The summed E-state index contributed by atoms with van der Waals surface area (Å²) in [6.07, 6.45) is 0.486. The van der Waals surface area contributed by atoms with Gasteiger partial charge in [-0.05, 0) is 40.1 Å². The first kappa shape index (κ1) is 20.7. The maximum Gasteiger partial charge on any atom is 0.307 e. The van der Waals surface area contributed by atoms with Crippen molar-refractivity contribution in [1.29, 1.82) is 0 Å². The minimum absolute atomic E-state index is 0.0646. The summed E-state index contributed by atoms with van der Waals surface area (Å²) >= 11 is 1.01. The van der Waals surface area contributed by atoms with E-state index in [9.17, 15) is 9.90 Å². The van der Waals surface area contributed by atoms with Crippen LogP contribution in [0.2, 0.25) is 0 Å². The highest BCUT2D eigenvalue weighted by Gasteiger charge is 2.07. The first-order valence-electron chi connectivity index (χ1n) is 9.77. The standard InChI is InChI=1S/C24H22N2O4S/c1-16(19-9-8-18-4-2-3-5-20(18)15-19)26-30-13-12-29-21-10-6-17(7-11-21)14-22-23(27)25-24(28)31-22/h2-11,15,26-27H,1,12-14H2,(H,25,28). The zero-order valence-corrected chi connectivity index (χ0v) is 17.6. The third kappa shape index (κ3) is 5.33. The molecule has 1 heterocycles. The molecule has 0 saturated heterocycles. The van der Waals surface area contributed by atoms with Crippen LogP contribution in [0.4, 0.5) is 0 Å². The van der Waals surface area contributed by atoms with Crippen molar-refractivity contribution in [2.45, 2.75) is 6.42 Å². The van der Waals surface area contributed by atoms with Gasteiger partial charge in [0.25, 0.3) is 0 Å². The minimum Gasteiger partial charge on any atom is -0.494 e. The molecule has 0 aliphatic carbocycles. The first-order valence-corrected chi connectivity index (χ1v) is 10.6. The Kier molecular flexibility index (Phi) is 6.35. The maximum absolute atomic E-state index is 11.3. The Bertz CT molecular complexity index is 1240. The molecule has 158 valence electrons. The van der Waals surface area contributed by atoms with Crippen molar-refractivity contribution in [3.63, 3.8) is 0 Å². The van der Waals surface area contributed by atoms with Crippen LogP contribution in [0.5, 0.6) is 11.6 Å². The molecule has 4 rings (SSSR count). The van der Waals surface area contributed by atoms with Gasteiger partial charge in [0.05, 0.1) is 10.6 Å². The molecule has 3 N–H and O–H groups in total. The van der Waals surface area contributed by atoms with Crippen LogP contribution in [0.25, 0.3) is 16.5 Å². The van der Waals surface area contributed by atoms with Gasteiger partial charge in [0.2, 0.25) is 5.88 Å². The number of rotatable bonds is 9. The molecule has 0 aliphatic rings. The van der Waals surface area contributed by atoms with Gasteiger partial charge in [0, 0.05) is 6.42 Å². The van der Waals surface area contributed by atoms with Crippen molar-refractivity contribution < 1.29 is 14.7 Å². The van der Waals surface area contributed by atoms with E-state index in [1.165, 1.54) is 5.39 Å². The number of nitrogens with one attached hydrogen (secondary N) is 2. The van der Waals surface area contributed by atoms with Gasteiger partial charge in [-0.25, -0.2) is 0 Å². The van der Waals surface area contributed by atoms with Crippen LogP contribution >= 0.6 is 11.3 Å². The van der Waals surface area contributed by atoms with Gasteiger partial charge in [0.1, 0.15) is 19.0 Å². The molecule has 31 heavy (non-hydrogen) atoms. The number of hydrogen-bond acceptors (Lipinski definition) is 6. The lowest BCUT2D eigenvalue weighted by molar-refractivity contribution is 0.0541. The number of aromatic hydroxyl groups is 1. The monoisotopic (exact) mass is 434 g/mol. The minimum atomic E-state index is -0.260. The fourth-order valence-electron chi connectivity index (χ4n) is 3.14. The number of ether oxygens (including phenoxy) is 1. The predicted octanol–water partition coefficient (Wildman–Crippen LogP) is 4.46. The zero-order valence-electron chi connectivity index (χ0n) is 16.8. The summed E-state index contributed by atoms with van der Waals surface area (Å²) in [5.74, 6) is 0.650. The highest BCUT2D eigenvalue weighted by molar-refractivity contribution is 7.09. The summed E-state index contributed by atoms with van der Waals surface area (Å²) in [7, 11) is 0. The number of benzene rings is 3. The van der Waals surface area contributed by atoms with E-state index in [4.69, 9.17) is 9.57 Å². The van der Waals surface area contributed by atoms with E-state index in [1.54, 1.807) is 0 Å². The molecule has 0 saturated carbocycles. The molecule has 4 aromatic rings. The Morgan fingerprint density at radius 1 is 1.03 bits per heavy atom. The summed E-state index contributed by atoms with van der Waals surface area (Å²) in [4.78, 5) is 19.5. The van der Waals surface area contributed by atoms with Crippen LogP contribution in [0.15, 0.2) is 78.1 Å². The van der Waals surface area contributed by atoms with Crippen LogP contribution in [0, 0.1) is 0 Å². The van der Waals surface area contributed by atoms with Crippen molar-refractivity contribution in [2.75, 3.05) is 13.2 Å². The quantitative estimate of drug-likeness (QED) is 0.268. The largest absolute Gasteiger partial charge is 0.494 e. The summed E-state index contributed by atoms with van der Waals surface area (Å²) in [5, 5.41) is 12.0.